The SMILES string of the molecule is CC(O[Si](C)(C)C(C)(C)C)N(CCNC(=O)OC(C)(C)C)C(=O)OC(C)(C)C. The van der Waals surface area contributed by atoms with Crippen LogP contribution in [0.25, 0.3) is 0 Å². The molecule has 0 aromatic heterocycles. The summed E-state index contributed by atoms with van der Waals surface area (Å²) in [7, 11) is -2.09. The third-order valence-electron chi connectivity index (χ3n) is 4.36. The van der Waals surface area contributed by atoms with Crippen molar-refractivity contribution in [3.05, 3.63) is 0 Å². The van der Waals surface area contributed by atoms with Crippen molar-refractivity contribution in [2.75, 3.05) is 13.1 Å². The van der Waals surface area contributed by atoms with E-state index >= 15 is 0 Å². The first-order valence-electron chi connectivity index (χ1n) is 9.89. The lowest BCUT2D eigenvalue weighted by atomic mass is 10.2. The number of alkyl carbamates (subject to hydrolysis) is 1. The number of hydrogen-bond acceptors (Lipinski definition) is 5. The molecule has 0 heterocycles. The number of hydrogen-bond donors (Lipinski definition) is 1. The first-order chi connectivity index (χ1) is 12.3. The summed E-state index contributed by atoms with van der Waals surface area (Å²) in [5.74, 6) is 0. The van der Waals surface area contributed by atoms with Crippen LogP contribution in [0, 0.1) is 0 Å². The minimum absolute atomic E-state index is 0.00955. The molecule has 1 atom stereocenters. The third kappa shape index (κ3) is 10.3. The molecule has 8 heteroatoms. The molecule has 28 heavy (non-hydrogen) atoms. The number of rotatable bonds is 6. The van der Waals surface area contributed by atoms with Crippen molar-refractivity contribution in [3.63, 3.8) is 0 Å². The molecule has 0 aliphatic rings. The average molecular weight is 419 g/mol. The number of nitrogens with zero attached hydrogens (tertiary/aromatic N) is 1. The highest BCUT2D eigenvalue weighted by Gasteiger charge is 2.40. The van der Waals surface area contributed by atoms with Crippen LogP contribution in [-0.4, -0.2) is 55.9 Å². The predicted molar refractivity (Wildman–Crippen MR) is 115 cm³/mol. The van der Waals surface area contributed by atoms with E-state index in [-0.39, 0.29) is 18.1 Å². The van der Waals surface area contributed by atoms with Gasteiger partial charge in [0.1, 0.15) is 17.4 Å². The molecule has 1 N–H and O–H groups in total. The summed E-state index contributed by atoms with van der Waals surface area (Å²) in [5, 5.41) is 2.69. The third-order valence-corrected chi connectivity index (χ3v) is 8.90. The monoisotopic (exact) mass is 418 g/mol. The summed E-state index contributed by atoms with van der Waals surface area (Å²) in [4.78, 5) is 26.1. The molecular weight excluding hydrogens is 376 g/mol. The Labute approximate surface area is 172 Å². The maximum Gasteiger partial charge on any atom is 0.412 e. The number of nitrogens with one attached hydrogen (secondary N) is 1. The van der Waals surface area contributed by atoms with Gasteiger partial charge >= 0.3 is 12.2 Å². The summed E-state index contributed by atoms with van der Waals surface area (Å²) in [6, 6.07) is 0. The Kier molecular flexibility index (Phi) is 9.04. The van der Waals surface area contributed by atoms with Gasteiger partial charge in [-0.1, -0.05) is 20.8 Å². The Morgan fingerprint density at radius 2 is 1.39 bits per heavy atom. The van der Waals surface area contributed by atoms with Gasteiger partial charge < -0.3 is 19.2 Å². The van der Waals surface area contributed by atoms with Crippen molar-refractivity contribution >= 4 is 20.5 Å². The van der Waals surface area contributed by atoms with E-state index in [1.165, 1.54) is 4.90 Å². The van der Waals surface area contributed by atoms with Gasteiger partial charge in [0, 0.05) is 13.1 Å². The molecule has 0 aliphatic heterocycles. The fourth-order valence-electron chi connectivity index (χ4n) is 2.00. The zero-order chi connectivity index (χ0) is 22.6. The molecule has 0 saturated heterocycles. The minimum atomic E-state index is -2.09. The number of ether oxygens (including phenoxy) is 2. The quantitative estimate of drug-likeness (QED) is 0.479. The Bertz CT molecular complexity index is 530. The smallest absolute Gasteiger partial charge is 0.412 e. The van der Waals surface area contributed by atoms with Crippen LogP contribution in [0.5, 0.6) is 0 Å². The highest BCUT2D eigenvalue weighted by Crippen LogP contribution is 2.37. The fraction of sp³-hybridized carbons (Fsp3) is 0.900. The molecule has 0 radical (unpaired) electrons. The van der Waals surface area contributed by atoms with Gasteiger partial charge in [-0.25, -0.2) is 9.59 Å². The first-order valence-corrected chi connectivity index (χ1v) is 12.8. The van der Waals surface area contributed by atoms with Gasteiger partial charge in [-0.15, -0.1) is 0 Å². The number of carbonyl (C=O) groups excluding carboxylic acids is 2. The average Bonchev–Trinajstić information content (AvgIpc) is 2.37. The minimum Gasteiger partial charge on any atom is -0.444 e. The Hall–Kier alpha value is -1.28. The van der Waals surface area contributed by atoms with E-state index in [4.69, 9.17) is 13.9 Å². The van der Waals surface area contributed by atoms with E-state index in [1.807, 2.05) is 27.7 Å². The molecule has 0 spiro atoms. The van der Waals surface area contributed by atoms with Crippen LogP contribution in [0.4, 0.5) is 9.59 Å². The Morgan fingerprint density at radius 3 is 1.79 bits per heavy atom. The van der Waals surface area contributed by atoms with Gasteiger partial charge in [0.2, 0.25) is 0 Å². The van der Waals surface area contributed by atoms with Gasteiger partial charge in [0.25, 0.3) is 0 Å². The van der Waals surface area contributed by atoms with Gasteiger partial charge in [-0.05, 0) is 66.6 Å². The van der Waals surface area contributed by atoms with E-state index < -0.39 is 37.9 Å². The van der Waals surface area contributed by atoms with Gasteiger partial charge in [0.05, 0.1) is 0 Å². The van der Waals surface area contributed by atoms with E-state index in [0.717, 1.165) is 0 Å². The lowest BCUT2D eigenvalue weighted by Gasteiger charge is -2.41. The summed E-state index contributed by atoms with van der Waals surface area (Å²) in [6.45, 7) is 23.9. The molecular formula is C20H42N2O5Si. The van der Waals surface area contributed by atoms with Crippen LogP contribution < -0.4 is 5.32 Å². The molecule has 0 bridgehead atoms. The second kappa shape index (κ2) is 9.48. The maximum atomic E-state index is 12.7. The van der Waals surface area contributed by atoms with Gasteiger partial charge in [0.15, 0.2) is 8.32 Å². The topological polar surface area (TPSA) is 77.1 Å². The van der Waals surface area contributed by atoms with E-state index in [0.29, 0.717) is 0 Å². The molecule has 0 aromatic carbocycles. The van der Waals surface area contributed by atoms with Crippen molar-refractivity contribution < 1.29 is 23.5 Å². The fourth-order valence-corrected chi connectivity index (χ4v) is 3.34. The molecule has 0 aliphatic carbocycles. The van der Waals surface area contributed by atoms with Crippen LogP contribution in [0.15, 0.2) is 0 Å². The van der Waals surface area contributed by atoms with E-state index in [1.54, 1.807) is 20.8 Å². The van der Waals surface area contributed by atoms with Crippen LogP contribution >= 0.6 is 0 Å². The lowest BCUT2D eigenvalue weighted by molar-refractivity contribution is -0.0187. The number of amides is 2. The molecule has 0 fully saturated rings. The molecule has 0 aromatic rings. The maximum absolute atomic E-state index is 12.7. The van der Waals surface area contributed by atoms with Crippen molar-refractivity contribution in [3.8, 4) is 0 Å². The lowest BCUT2D eigenvalue weighted by Crippen LogP contribution is -2.52. The summed E-state index contributed by atoms with van der Waals surface area (Å²) >= 11 is 0. The Balaban J connectivity index is 5.16. The summed E-state index contributed by atoms with van der Waals surface area (Å²) in [6.07, 6.45) is -1.46. The van der Waals surface area contributed by atoms with Crippen LogP contribution in [-0.2, 0) is 13.9 Å². The summed E-state index contributed by atoms with van der Waals surface area (Å²) < 4.78 is 17.1. The van der Waals surface area contributed by atoms with Crippen molar-refractivity contribution in [1.82, 2.24) is 10.2 Å². The van der Waals surface area contributed by atoms with Crippen LogP contribution in [0.2, 0.25) is 18.1 Å². The van der Waals surface area contributed by atoms with Crippen LogP contribution in [0.3, 0.4) is 0 Å². The van der Waals surface area contributed by atoms with E-state index in [2.05, 4.69) is 39.2 Å². The highest BCUT2D eigenvalue weighted by atomic mass is 28.4. The molecule has 7 nitrogen and oxygen atoms in total. The van der Waals surface area contributed by atoms with Crippen molar-refractivity contribution in [2.24, 2.45) is 0 Å². The van der Waals surface area contributed by atoms with Gasteiger partial charge in [-0.3, -0.25) is 4.90 Å². The van der Waals surface area contributed by atoms with Gasteiger partial charge in [-0.2, -0.15) is 0 Å². The number of carbonyl (C=O) groups is 2. The van der Waals surface area contributed by atoms with Crippen LogP contribution in [0.1, 0.15) is 69.2 Å². The zero-order valence-electron chi connectivity index (χ0n) is 20.0. The first kappa shape index (κ1) is 26.7. The predicted octanol–water partition coefficient (Wildman–Crippen LogP) is 5.12. The second-order valence-corrected chi connectivity index (χ2v) is 15.3. The molecule has 0 saturated carbocycles. The molecule has 0 rings (SSSR count). The normalized spacial score (nSPS) is 14.3. The molecule has 166 valence electrons. The van der Waals surface area contributed by atoms with Crippen molar-refractivity contribution in [2.45, 2.75) is 105 Å². The summed E-state index contributed by atoms with van der Waals surface area (Å²) in [5.41, 5.74) is -1.20. The van der Waals surface area contributed by atoms with Crippen molar-refractivity contribution in [1.29, 1.82) is 0 Å². The van der Waals surface area contributed by atoms with E-state index in [9.17, 15) is 9.59 Å². The standard InChI is InChI=1S/C20H42N2O5Si/c1-15(27-28(11,12)20(8,9)10)22(17(24)26-19(5,6)7)14-13-21-16(23)25-18(2,3)4/h15H,13-14H2,1-12H3,(H,21,23). The Morgan fingerprint density at radius 1 is 0.929 bits per heavy atom. The molecule has 1 unspecified atom stereocenters. The zero-order valence-corrected chi connectivity index (χ0v) is 21.0. The largest absolute Gasteiger partial charge is 0.444 e. The highest BCUT2D eigenvalue weighted by molar-refractivity contribution is 6.74. The second-order valence-electron chi connectivity index (χ2n) is 10.6. The molecule has 2 amide bonds.